The number of nitrogens with zero attached hydrogens (tertiary/aromatic N) is 1. The lowest BCUT2D eigenvalue weighted by molar-refractivity contribution is 0.242. The van der Waals surface area contributed by atoms with E-state index < -0.39 is 0 Å². The van der Waals surface area contributed by atoms with Crippen LogP contribution in [0.25, 0.3) is 0 Å². The van der Waals surface area contributed by atoms with E-state index in [2.05, 4.69) is 4.90 Å². The predicted molar refractivity (Wildman–Crippen MR) is 81.2 cm³/mol. The SMILES string of the molecule is CC(C)Oc1cc(OC(=S)N2CCCC2)ccc1Cl. The minimum absolute atomic E-state index is 0.0679. The van der Waals surface area contributed by atoms with Gasteiger partial charge in [-0.05, 0) is 51.0 Å². The van der Waals surface area contributed by atoms with Crippen LogP contribution in [0.5, 0.6) is 11.5 Å². The Labute approximate surface area is 124 Å². The molecule has 19 heavy (non-hydrogen) atoms. The van der Waals surface area contributed by atoms with Crippen molar-refractivity contribution in [2.24, 2.45) is 0 Å². The second-order valence-electron chi connectivity index (χ2n) is 4.82. The van der Waals surface area contributed by atoms with Crippen molar-refractivity contribution in [2.75, 3.05) is 13.1 Å². The molecule has 3 nitrogen and oxygen atoms in total. The highest BCUT2D eigenvalue weighted by molar-refractivity contribution is 7.80. The first-order chi connectivity index (χ1) is 9.06. The Morgan fingerprint density at radius 1 is 1.32 bits per heavy atom. The molecule has 0 radical (unpaired) electrons. The molecule has 0 amide bonds. The number of hydrogen-bond donors (Lipinski definition) is 0. The van der Waals surface area contributed by atoms with Crippen molar-refractivity contribution in [3.63, 3.8) is 0 Å². The summed E-state index contributed by atoms with van der Waals surface area (Å²) in [6.45, 7) is 5.86. The van der Waals surface area contributed by atoms with Crippen LogP contribution in [0.15, 0.2) is 18.2 Å². The molecule has 1 aromatic carbocycles. The molecule has 0 saturated carbocycles. The van der Waals surface area contributed by atoms with Crippen LogP contribution in [-0.4, -0.2) is 29.3 Å². The lowest BCUT2D eigenvalue weighted by Gasteiger charge is -2.19. The Morgan fingerprint density at radius 2 is 2.00 bits per heavy atom. The third kappa shape index (κ3) is 3.98. The van der Waals surface area contributed by atoms with Crippen LogP contribution in [0.3, 0.4) is 0 Å². The number of benzene rings is 1. The lowest BCUT2D eigenvalue weighted by atomic mass is 10.3. The molecule has 0 aromatic heterocycles. The normalized spacial score (nSPS) is 14.8. The van der Waals surface area contributed by atoms with Crippen molar-refractivity contribution in [1.82, 2.24) is 4.90 Å². The molecule has 0 N–H and O–H groups in total. The molecule has 0 spiro atoms. The van der Waals surface area contributed by atoms with E-state index >= 15 is 0 Å². The molecule has 1 heterocycles. The molecule has 1 aliphatic rings. The van der Waals surface area contributed by atoms with Gasteiger partial charge in [0.15, 0.2) is 0 Å². The summed E-state index contributed by atoms with van der Waals surface area (Å²) < 4.78 is 11.3. The zero-order valence-corrected chi connectivity index (χ0v) is 12.8. The van der Waals surface area contributed by atoms with Crippen molar-refractivity contribution in [3.05, 3.63) is 23.2 Å². The first kappa shape index (κ1) is 14.4. The zero-order chi connectivity index (χ0) is 13.8. The molecular formula is C14H18ClNO2S. The van der Waals surface area contributed by atoms with E-state index in [1.807, 2.05) is 13.8 Å². The van der Waals surface area contributed by atoms with Crippen LogP contribution in [0.2, 0.25) is 5.02 Å². The monoisotopic (exact) mass is 299 g/mol. The number of likely N-dealkylation sites (tertiary alicyclic amines) is 1. The number of rotatable bonds is 3. The molecule has 104 valence electrons. The van der Waals surface area contributed by atoms with Crippen molar-refractivity contribution in [2.45, 2.75) is 32.8 Å². The lowest BCUT2D eigenvalue weighted by Crippen LogP contribution is -2.30. The fourth-order valence-corrected chi connectivity index (χ4v) is 2.40. The second kappa shape index (κ2) is 6.44. The molecule has 0 atom stereocenters. The van der Waals surface area contributed by atoms with E-state index in [-0.39, 0.29) is 6.10 Å². The van der Waals surface area contributed by atoms with E-state index in [1.54, 1.807) is 18.2 Å². The molecule has 1 aromatic rings. The highest BCUT2D eigenvalue weighted by Crippen LogP contribution is 2.30. The molecule has 2 rings (SSSR count). The predicted octanol–water partition coefficient (Wildman–Crippen LogP) is 3.89. The molecule has 1 fully saturated rings. The minimum atomic E-state index is 0.0679. The second-order valence-corrected chi connectivity index (χ2v) is 5.58. The Morgan fingerprint density at radius 3 is 2.63 bits per heavy atom. The van der Waals surface area contributed by atoms with Gasteiger partial charge in [-0.1, -0.05) is 11.6 Å². The van der Waals surface area contributed by atoms with Crippen LogP contribution < -0.4 is 9.47 Å². The van der Waals surface area contributed by atoms with E-state index in [0.29, 0.717) is 21.7 Å². The van der Waals surface area contributed by atoms with E-state index in [9.17, 15) is 0 Å². The smallest absolute Gasteiger partial charge is 0.264 e. The number of ether oxygens (including phenoxy) is 2. The highest BCUT2D eigenvalue weighted by atomic mass is 35.5. The first-order valence-corrected chi connectivity index (χ1v) is 7.28. The maximum atomic E-state index is 6.08. The van der Waals surface area contributed by atoms with Crippen molar-refractivity contribution >= 4 is 29.0 Å². The topological polar surface area (TPSA) is 21.7 Å². The zero-order valence-electron chi connectivity index (χ0n) is 11.2. The maximum absolute atomic E-state index is 6.08. The summed E-state index contributed by atoms with van der Waals surface area (Å²) in [6, 6.07) is 5.35. The number of thiocarbonyl (C=S) groups is 1. The Balaban J connectivity index is 2.05. The fraction of sp³-hybridized carbons (Fsp3) is 0.500. The average molecular weight is 300 g/mol. The van der Waals surface area contributed by atoms with Crippen LogP contribution in [0.1, 0.15) is 26.7 Å². The van der Waals surface area contributed by atoms with Gasteiger partial charge < -0.3 is 14.4 Å². The Bertz CT molecular complexity index is 459. The Kier molecular flexibility index (Phi) is 4.88. The van der Waals surface area contributed by atoms with Crippen LogP contribution >= 0.6 is 23.8 Å². The van der Waals surface area contributed by atoms with Gasteiger partial charge in [0.05, 0.1) is 11.1 Å². The quantitative estimate of drug-likeness (QED) is 0.789. The van der Waals surface area contributed by atoms with Gasteiger partial charge >= 0.3 is 0 Å². The Hall–Kier alpha value is -1.00. The molecule has 0 aliphatic carbocycles. The van der Waals surface area contributed by atoms with Gasteiger partial charge in [-0.3, -0.25) is 0 Å². The van der Waals surface area contributed by atoms with Gasteiger partial charge in [0.1, 0.15) is 11.5 Å². The van der Waals surface area contributed by atoms with E-state index in [4.69, 9.17) is 33.3 Å². The van der Waals surface area contributed by atoms with Gasteiger partial charge in [0.2, 0.25) is 0 Å². The molecule has 1 aliphatic heterocycles. The first-order valence-electron chi connectivity index (χ1n) is 6.49. The third-order valence-electron chi connectivity index (χ3n) is 2.83. The summed E-state index contributed by atoms with van der Waals surface area (Å²) in [5.41, 5.74) is 0. The van der Waals surface area contributed by atoms with E-state index in [0.717, 1.165) is 13.1 Å². The summed E-state index contributed by atoms with van der Waals surface area (Å²) in [7, 11) is 0. The standard InChI is InChI=1S/C14H18ClNO2S/c1-10(2)17-13-9-11(5-6-12(13)15)18-14(19)16-7-3-4-8-16/h5-6,9-10H,3-4,7-8H2,1-2H3. The van der Waals surface area contributed by atoms with Crippen molar-refractivity contribution in [3.8, 4) is 11.5 Å². The summed E-state index contributed by atoms with van der Waals surface area (Å²) in [4.78, 5) is 2.08. The van der Waals surface area contributed by atoms with Gasteiger partial charge in [-0.25, -0.2) is 0 Å². The molecule has 5 heteroatoms. The van der Waals surface area contributed by atoms with Crippen molar-refractivity contribution in [1.29, 1.82) is 0 Å². The van der Waals surface area contributed by atoms with Gasteiger partial charge in [-0.2, -0.15) is 0 Å². The number of halogens is 1. The van der Waals surface area contributed by atoms with E-state index in [1.165, 1.54) is 12.8 Å². The third-order valence-corrected chi connectivity index (χ3v) is 3.49. The average Bonchev–Trinajstić information content (AvgIpc) is 2.86. The van der Waals surface area contributed by atoms with Gasteiger partial charge in [0, 0.05) is 19.2 Å². The van der Waals surface area contributed by atoms with Gasteiger partial charge in [0.25, 0.3) is 5.17 Å². The molecule has 0 bridgehead atoms. The molecule has 0 unspecified atom stereocenters. The maximum Gasteiger partial charge on any atom is 0.264 e. The summed E-state index contributed by atoms with van der Waals surface area (Å²) in [5.74, 6) is 1.29. The summed E-state index contributed by atoms with van der Waals surface area (Å²) in [6.07, 6.45) is 2.41. The molecule has 1 saturated heterocycles. The minimum Gasteiger partial charge on any atom is -0.489 e. The van der Waals surface area contributed by atoms with Crippen LogP contribution in [0, 0.1) is 0 Å². The van der Waals surface area contributed by atoms with Crippen LogP contribution in [0.4, 0.5) is 0 Å². The fourth-order valence-electron chi connectivity index (χ4n) is 1.96. The number of hydrogen-bond acceptors (Lipinski definition) is 3. The summed E-state index contributed by atoms with van der Waals surface area (Å²) >= 11 is 11.4. The van der Waals surface area contributed by atoms with Gasteiger partial charge in [-0.15, -0.1) is 0 Å². The largest absolute Gasteiger partial charge is 0.489 e. The van der Waals surface area contributed by atoms with Crippen molar-refractivity contribution < 1.29 is 9.47 Å². The van der Waals surface area contributed by atoms with Crippen LogP contribution in [-0.2, 0) is 0 Å². The summed E-state index contributed by atoms with van der Waals surface area (Å²) in [5, 5.41) is 1.10. The molecular weight excluding hydrogens is 282 g/mol. The highest BCUT2D eigenvalue weighted by Gasteiger charge is 2.17.